The highest BCUT2D eigenvalue weighted by atomic mass is 32.1. The number of rotatable bonds is 2. The second-order valence-corrected chi connectivity index (χ2v) is 5.24. The third-order valence-corrected chi connectivity index (χ3v) is 3.91. The lowest BCUT2D eigenvalue weighted by molar-refractivity contribution is 0.195. The van der Waals surface area contributed by atoms with E-state index >= 15 is 0 Å². The smallest absolute Gasteiger partial charge is 0.185 e. The van der Waals surface area contributed by atoms with Gasteiger partial charge in [0.05, 0.1) is 11.8 Å². The maximum atomic E-state index is 9.40. The summed E-state index contributed by atoms with van der Waals surface area (Å²) in [7, 11) is 0. The van der Waals surface area contributed by atoms with Gasteiger partial charge >= 0.3 is 0 Å². The molecule has 2 rings (SSSR count). The fourth-order valence-corrected chi connectivity index (χ4v) is 2.78. The number of aliphatic hydroxyl groups is 1. The lowest BCUT2D eigenvalue weighted by Gasteiger charge is -2.29. The van der Waals surface area contributed by atoms with E-state index in [-0.39, 0.29) is 0 Å². The van der Waals surface area contributed by atoms with Crippen LogP contribution in [-0.4, -0.2) is 23.2 Å². The van der Waals surface area contributed by atoms with Crippen LogP contribution in [0.25, 0.3) is 0 Å². The van der Waals surface area contributed by atoms with Crippen molar-refractivity contribution in [2.75, 3.05) is 18.0 Å². The van der Waals surface area contributed by atoms with Gasteiger partial charge in [-0.25, -0.2) is 4.98 Å². The third kappa shape index (κ3) is 2.49. The van der Waals surface area contributed by atoms with Crippen molar-refractivity contribution < 1.29 is 5.11 Å². The summed E-state index contributed by atoms with van der Waals surface area (Å²) in [5.74, 6) is 0.845. The molecule has 1 saturated heterocycles. The summed E-state index contributed by atoms with van der Waals surface area (Å²) < 4.78 is 0. The predicted octanol–water partition coefficient (Wildman–Crippen LogP) is 2.43. The Hall–Kier alpha value is -0.610. The van der Waals surface area contributed by atoms with Crippen molar-refractivity contribution in [1.29, 1.82) is 0 Å². The molecule has 2 heterocycles. The highest BCUT2D eigenvalue weighted by Crippen LogP contribution is 2.27. The fourth-order valence-electron chi connectivity index (χ4n) is 1.81. The van der Waals surface area contributed by atoms with E-state index in [1.165, 1.54) is 12.8 Å². The van der Waals surface area contributed by atoms with Gasteiger partial charge in [-0.15, -0.1) is 11.3 Å². The molecule has 3 nitrogen and oxygen atoms in total. The number of thiazole rings is 1. The molecule has 1 atom stereocenters. The number of hydrogen-bond acceptors (Lipinski definition) is 4. The molecule has 1 N–H and O–H groups in total. The lowest BCUT2D eigenvalue weighted by atomic mass is 10.00. The molecule has 0 spiro atoms. The SMILES string of the molecule is CC1CCN(c2nc(C(C)O)cs2)CC1. The molecule has 0 amide bonds. The summed E-state index contributed by atoms with van der Waals surface area (Å²) in [6.07, 6.45) is 2.06. The second kappa shape index (κ2) is 4.49. The Morgan fingerprint density at radius 3 is 2.73 bits per heavy atom. The zero-order chi connectivity index (χ0) is 10.8. The zero-order valence-corrected chi connectivity index (χ0v) is 10.1. The van der Waals surface area contributed by atoms with Gasteiger partial charge < -0.3 is 10.0 Å². The Morgan fingerprint density at radius 2 is 2.20 bits per heavy atom. The van der Waals surface area contributed by atoms with Gasteiger partial charge in [-0.2, -0.15) is 0 Å². The normalized spacial score (nSPS) is 20.6. The maximum Gasteiger partial charge on any atom is 0.185 e. The highest BCUT2D eigenvalue weighted by Gasteiger charge is 2.18. The summed E-state index contributed by atoms with van der Waals surface area (Å²) in [5, 5.41) is 12.4. The minimum atomic E-state index is -0.446. The Morgan fingerprint density at radius 1 is 1.53 bits per heavy atom. The monoisotopic (exact) mass is 226 g/mol. The average molecular weight is 226 g/mol. The molecule has 15 heavy (non-hydrogen) atoms. The van der Waals surface area contributed by atoms with Crippen molar-refractivity contribution in [3.63, 3.8) is 0 Å². The van der Waals surface area contributed by atoms with Crippen LogP contribution in [0.3, 0.4) is 0 Å². The number of piperidine rings is 1. The van der Waals surface area contributed by atoms with E-state index in [2.05, 4.69) is 16.8 Å². The van der Waals surface area contributed by atoms with Crippen molar-refractivity contribution in [2.24, 2.45) is 5.92 Å². The minimum absolute atomic E-state index is 0.446. The van der Waals surface area contributed by atoms with E-state index in [0.29, 0.717) is 0 Å². The Bertz CT molecular complexity index is 316. The molecule has 0 bridgehead atoms. The topological polar surface area (TPSA) is 36.4 Å². The molecule has 0 radical (unpaired) electrons. The van der Waals surface area contributed by atoms with Crippen molar-refractivity contribution in [2.45, 2.75) is 32.8 Å². The summed E-state index contributed by atoms with van der Waals surface area (Å²) in [4.78, 5) is 6.78. The van der Waals surface area contributed by atoms with Gasteiger partial charge in [0, 0.05) is 18.5 Å². The van der Waals surface area contributed by atoms with E-state index in [4.69, 9.17) is 0 Å². The molecule has 0 saturated carbocycles. The standard InChI is InChI=1S/C11H18N2OS/c1-8-3-5-13(6-4-8)11-12-10(7-15-11)9(2)14/h7-9,14H,3-6H2,1-2H3. The van der Waals surface area contributed by atoms with Crippen molar-refractivity contribution >= 4 is 16.5 Å². The van der Waals surface area contributed by atoms with Crippen LogP contribution >= 0.6 is 11.3 Å². The average Bonchev–Trinajstić information content (AvgIpc) is 2.68. The van der Waals surface area contributed by atoms with Crippen LogP contribution in [0.1, 0.15) is 38.5 Å². The summed E-state index contributed by atoms with van der Waals surface area (Å²) >= 11 is 1.64. The molecule has 4 heteroatoms. The van der Waals surface area contributed by atoms with Gasteiger partial charge in [-0.05, 0) is 25.7 Å². The number of aliphatic hydroxyl groups excluding tert-OH is 1. The first-order chi connectivity index (χ1) is 7.16. The largest absolute Gasteiger partial charge is 0.387 e. The van der Waals surface area contributed by atoms with Gasteiger partial charge in [-0.1, -0.05) is 6.92 Å². The van der Waals surface area contributed by atoms with Gasteiger partial charge in [0.2, 0.25) is 0 Å². The zero-order valence-electron chi connectivity index (χ0n) is 9.31. The molecule has 1 aromatic heterocycles. The summed E-state index contributed by atoms with van der Waals surface area (Å²) in [6, 6.07) is 0. The lowest BCUT2D eigenvalue weighted by Crippen LogP contribution is -2.32. The molecule has 0 aromatic carbocycles. The van der Waals surface area contributed by atoms with Crippen LogP contribution in [0.2, 0.25) is 0 Å². The van der Waals surface area contributed by atoms with Crippen LogP contribution in [-0.2, 0) is 0 Å². The summed E-state index contributed by atoms with van der Waals surface area (Å²) in [5.41, 5.74) is 0.800. The number of anilines is 1. The molecule has 84 valence electrons. The molecular weight excluding hydrogens is 208 g/mol. The molecule has 1 unspecified atom stereocenters. The van der Waals surface area contributed by atoms with Crippen molar-refractivity contribution in [1.82, 2.24) is 4.98 Å². The van der Waals surface area contributed by atoms with Crippen LogP contribution in [0, 0.1) is 5.92 Å². The van der Waals surface area contributed by atoms with Crippen molar-refractivity contribution in [3.05, 3.63) is 11.1 Å². The Balaban J connectivity index is 2.03. The van der Waals surface area contributed by atoms with E-state index in [0.717, 1.165) is 29.8 Å². The predicted molar refractivity (Wildman–Crippen MR) is 63.4 cm³/mol. The quantitative estimate of drug-likeness (QED) is 0.841. The molecule has 0 aliphatic carbocycles. The molecule has 1 fully saturated rings. The first kappa shape index (κ1) is 10.9. The number of nitrogens with zero attached hydrogens (tertiary/aromatic N) is 2. The first-order valence-corrected chi connectivity index (χ1v) is 6.43. The molecule has 1 aliphatic heterocycles. The Kier molecular flexibility index (Phi) is 3.26. The van der Waals surface area contributed by atoms with Crippen LogP contribution < -0.4 is 4.90 Å². The van der Waals surface area contributed by atoms with Gasteiger partial charge in [0.15, 0.2) is 5.13 Å². The van der Waals surface area contributed by atoms with Crippen LogP contribution in [0.5, 0.6) is 0 Å². The minimum Gasteiger partial charge on any atom is -0.387 e. The van der Waals surface area contributed by atoms with E-state index in [1.807, 2.05) is 5.38 Å². The van der Waals surface area contributed by atoms with Crippen molar-refractivity contribution in [3.8, 4) is 0 Å². The van der Waals surface area contributed by atoms with Gasteiger partial charge in [-0.3, -0.25) is 0 Å². The number of hydrogen-bond donors (Lipinski definition) is 1. The number of aromatic nitrogens is 1. The highest BCUT2D eigenvalue weighted by molar-refractivity contribution is 7.13. The van der Waals surface area contributed by atoms with Crippen LogP contribution in [0.15, 0.2) is 5.38 Å². The third-order valence-electron chi connectivity index (χ3n) is 2.99. The molecule has 1 aliphatic rings. The molecular formula is C11H18N2OS. The van der Waals surface area contributed by atoms with Crippen LogP contribution in [0.4, 0.5) is 5.13 Å². The summed E-state index contributed by atoms with van der Waals surface area (Å²) in [6.45, 7) is 6.28. The Labute approximate surface area is 94.8 Å². The first-order valence-electron chi connectivity index (χ1n) is 5.55. The van der Waals surface area contributed by atoms with Gasteiger partial charge in [0.25, 0.3) is 0 Å². The molecule has 1 aromatic rings. The van der Waals surface area contributed by atoms with E-state index < -0.39 is 6.10 Å². The van der Waals surface area contributed by atoms with E-state index in [1.54, 1.807) is 18.3 Å². The van der Waals surface area contributed by atoms with Gasteiger partial charge in [0.1, 0.15) is 0 Å². The van der Waals surface area contributed by atoms with E-state index in [9.17, 15) is 5.11 Å². The second-order valence-electron chi connectivity index (χ2n) is 4.40. The fraction of sp³-hybridized carbons (Fsp3) is 0.727. The maximum absolute atomic E-state index is 9.40.